The highest BCUT2D eigenvalue weighted by molar-refractivity contribution is 5.38. The van der Waals surface area contributed by atoms with Gasteiger partial charge in [0.25, 0.3) is 0 Å². The van der Waals surface area contributed by atoms with Crippen LogP contribution in [-0.4, -0.2) is 10.1 Å². The molecule has 1 aliphatic carbocycles. The quantitative estimate of drug-likeness (QED) is 0.827. The van der Waals surface area contributed by atoms with Crippen molar-refractivity contribution in [1.82, 2.24) is 4.98 Å². The van der Waals surface area contributed by atoms with Gasteiger partial charge in [-0.2, -0.15) is 0 Å². The molecule has 3 unspecified atom stereocenters. The van der Waals surface area contributed by atoms with Crippen molar-refractivity contribution in [3.8, 4) is 0 Å². The number of pyridine rings is 1. The molecule has 0 bridgehead atoms. The lowest BCUT2D eigenvalue weighted by Crippen LogP contribution is -2.21. The minimum atomic E-state index is -0.415. The highest BCUT2D eigenvalue weighted by Gasteiger charge is 2.32. The maximum atomic E-state index is 10.6. The van der Waals surface area contributed by atoms with Gasteiger partial charge in [-0.3, -0.25) is 4.98 Å². The molecule has 2 nitrogen and oxygen atoms in total. The maximum absolute atomic E-state index is 10.6. The molecule has 18 heavy (non-hydrogen) atoms. The highest BCUT2D eigenvalue weighted by Crippen LogP contribution is 2.45. The summed E-state index contributed by atoms with van der Waals surface area (Å²) in [6.45, 7) is 2.23. The molecule has 2 heteroatoms. The third-order valence-corrected chi connectivity index (χ3v) is 3.95. The van der Waals surface area contributed by atoms with Gasteiger partial charge in [0, 0.05) is 18.3 Å². The van der Waals surface area contributed by atoms with E-state index in [1.54, 1.807) is 6.20 Å². The van der Waals surface area contributed by atoms with Crippen LogP contribution in [0.5, 0.6) is 0 Å². The molecule has 3 rings (SSSR count). The molecule has 1 N–H and O–H groups in total. The van der Waals surface area contributed by atoms with Gasteiger partial charge >= 0.3 is 0 Å². The second-order valence-corrected chi connectivity index (χ2v) is 5.10. The zero-order valence-electron chi connectivity index (χ0n) is 10.5. The van der Waals surface area contributed by atoms with Gasteiger partial charge in [-0.1, -0.05) is 37.3 Å². The lowest BCUT2D eigenvalue weighted by atomic mass is 9.73. The monoisotopic (exact) mass is 239 g/mol. The van der Waals surface area contributed by atoms with E-state index < -0.39 is 6.10 Å². The third kappa shape index (κ3) is 1.83. The van der Waals surface area contributed by atoms with Crippen LogP contribution in [0.2, 0.25) is 0 Å². The Morgan fingerprint density at radius 3 is 2.61 bits per heavy atom. The molecule has 92 valence electrons. The number of aliphatic hydroxyl groups is 1. The molecule has 1 heterocycles. The lowest BCUT2D eigenvalue weighted by Gasteiger charge is -2.34. The van der Waals surface area contributed by atoms with Gasteiger partial charge in [-0.15, -0.1) is 0 Å². The molecule has 0 aliphatic heterocycles. The van der Waals surface area contributed by atoms with Crippen molar-refractivity contribution in [3.05, 3.63) is 65.5 Å². The number of benzene rings is 1. The van der Waals surface area contributed by atoms with Crippen molar-refractivity contribution in [1.29, 1.82) is 0 Å². The summed E-state index contributed by atoms with van der Waals surface area (Å²) in [5.74, 6) is 0.637. The van der Waals surface area contributed by atoms with Crippen LogP contribution in [0.1, 0.15) is 48.0 Å². The van der Waals surface area contributed by atoms with Gasteiger partial charge in [0.1, 0.15) is 0 Å². The SMILES string of the molecule is CC1CC(c2cccnc2)C(O)c2ccccc21. The Kier molecular flexibility index (Phi) is 2.88. The van der Waals surface area contributed by atoms with Crippen LogP contribution >= 0.6 is 0 Å². The summed E-state index contributed by atoms with van der Waals surface area (Å²) in [5.41, 5.74) is 3.49. The number of nitrogens with zero attached hydrogens (tertiary/aromatic N) is 1. The average Bonchev–Trinajstić information content (AvgIpc) is 2.44. The van der Waals surface area contributed by atoms with Gasteiger partial charge in [-0.25, -0.2) is 0 Å². The van der Waals surface area contributed by atoms with Crippen molar-refractivity contribution in [2.24, 2.45) is 0 Å². The summed E-state index contributed by atoms with van der Waals surface area (Å²) in [6.07, 6.45) is 4.20. The Morgan fingerprint density at radius 2 is 1.89 bits per heavy atom. The Morgan fingerprint density at radius 1 is 1.11 bits per heavy atom. The van der Waals surface area contributed by atoms with E-state index in [0.29, 0.717) is 5.92 Å². The summed E-state index contributed by atoms with van der Waals surface area (Å²) >= 11 is 0. The molecule has 0 fully saturated rings. The summed E-state index contributed by atoms with van der Waals surface area (Å²) < 4.78 is 0. The van der Waals surface area contributed by atoms with E-state index in [2.05, 4.69) is 24.0 Å². The topological polar surface area (TPSA) is 33.1 Å². The standard InChI is InChI=1S/C16H17NO/c1-11-9-15(12-5-4-8-17-10-12)16(18)14-7-3-2-6-13(11)14/h2-8,10-11,15-16,18H,9H2,1H3. The van der Waals surface area contributed by atoms with Crippen molar-refractivity contribution in [2.45, 2.75) is 31.3 Å². The van der Waals surface area contributed by atoms with Crippen LogP contribution in [-0.2, 0) is 0 Å². The van der Waals surface area contributed by atoms with Gasteiger partial charge in [0.15, 0.2) is 0 Å². The first-order valence-corrected chi connectivity index (χ1v) is 6.44. The number of hydrogen-bond acceptors (Lipinski definition) is 2. The fourth-order valence-electron chi connectivity index (χ4n) is 3.00. The number of rotatable bonds is 1. The first-order valence-electron chi connectivity index (χ1n) is 6.44. The normalized spacial score (nSPS) is 26.7. The predicted molar refractivity (Wildman–Crippen MR) is 71.4 cm³/mol. The minimum Gasteiger partial charge on any atom is -0.388 e. The molecule has 1 aliphatic rings. The van der Waals surface area contributed by atoms with E-state index in [4.69, 9.17) is 0 Å². The van der Waals surface area contributed by atoms with Crippen LogP contribution in [0.15, 0.2) is 48.8 Å². The number of hydrogen-bond donors (Lipinski definition) is 1. The minimum absolute atomic E-state index is 0.156. The Bertz CT molecular complexity index is 538. The second-order valence-electron chi connectivity index (χ2n) is 5.10. The van der Waals surface area contributed by atoms with Gasteiger partial charge in [-0.05, 0) is 35.1 Å². The molecule has 0 spiro atoms. The largest absolute Gasteiger partial charge is 0.388 e. The Hall–Kier alpha value is -1.67. The first-order chi connectivity index (χ1) is 8.77. The molecule has 1 aromatic carbocycles. The predicted octanol–water partition coefficient (Wildman–Crippen LogP) is 3.41. The van der Waals surface area contributed by atoms with Gasteiger partial charge in [0.05, 0.1) is 6.10 Å². The molecule has 0 saturated heterocycles. The van der Waals surface area contributed by atoms with E-state index in [1.807, 2.05) is 30.5 Å². The fraction of sp³-hybridized carbons (Fsp3) is 0.312. The summed E-state index contributed by atoms with van der Waals surface area (Å²) in [4.78, 5) is 4.16. The molecular formula is C16H17NO. The van der Waals surface area contributed by atoms with Crippen LogP contribution in [0.25, 0.3) is 0 Å². The zero-order chi connectivity index (χ0) is 12.5. The highest BCUT2D eigenvalue weighted by atomic mass is 16.3. The van der Waals surface area contributed by atoms with Gasteiger partial charge in [0.2, 0.25) is 0 Å². The molecule has 2 aromatic rings. The second kappa shape index (κ2) is 4.54. The van der Waals surface area contributed by atoms with Gasteiger partial charge < -0.3 is 5.11 Å². The van der Waals surface area contributed by atoms with Crippen molar-refractivity contribution in [3.63, 3.8) is 0 Å². The fourth-order valence-corrected chi connectivity index (χ4v) is 3.00. The summed E-state index contributed by atoms with van der Waals surface area (Å²) in [5, 5.41) is 10.6. The molecule has 3 atom stereocenters. The molecular weight excluding hydrogens is 222 g/mol. The van der Waals surface area contributed by atoms with E-state index in [9.17, 15) is 5.11 Å². The van der Waals surface area contributed by atoms with E-state index in [0.717, 1.165) is 17.5 Å². The average molecular weight is 239 g/mol. The van der Waals surface area contributed by atoms with Crippen LogP contribution in [0.4, 0.5) is 0 Å². The van der Waals surface area contributed by atoms with E-state index >= 15 is 0 Å². The van der Waals surface area contributed by atoms with Crippen LogP contribution < -0.4 is 0 Å². The molecule has 1 aromatic heterocycles. The smallest absolute Gasteiger partial charge is 0.0862 e. The first kappa shape index (κ1) is 11.4. The Labute approximate surface area is 107 Å². The maximum Gasteiger partial charge on any atom is 0.0862 e. The number of fused-ring (bicyclic) bond motifs is 1. The molecule has 0 radical (unpaired) electrons. The molecule has 0 saturated carbocycles. The zero-order valence-corrected chi connectivity index (χ0v) is 10.5. The third-order valence-electron chi connectivity index (χ3n) is 3.95. The van der Waals surface area contributed by atoms with E-state index in [-0.39, 0.29) is 5.92 Å². The summed E-state index contributed by atoms with van der Waals surface area (Å²) in [6, 6.07) is 12.2. The Balaban J connectivity index is 2.02. The number of aromatic nitrogens is 1. The van der Waals surface area contributed by atoms with Crippen LogP contribution in [0.3, 0.4) is 0 Å². The lowest BCUT2D eigenvalue weighted by molar-refractivity contribution is 0.126. The summed E-state index contributed by atoms with van der Waals surface area (Å²) in [7, 11) is 0. The van der Waals surface area contributed by atoms with Crippen LogP contribution in [0, 0.1) is 0 Å². The van der Waals surface area contributed by atoms with Crippen molar-refractivity contribution in [2.75, 3.05) is 0 Å². The molecule has 0 amide bonds. The van der Waals surface area contributed by atoms with Crippen molar-refractivity contribution >= 4 is 0 Å². The van der Waals surface area contributed by atoms with E-state index in [1.165, 1.54) is 5.56 Å². The number of aliphatic hydroxyl groups excluding tert-OH is 1. The van der Waals surface area contributed by atoms with Crippen molar-refractivity contribution < 1.29 is 5.11 Å².